The van der Waals surface area contributed by atoms with Gasteiger partial charge in [-0.2, -0.15) is 5.26 Å². The van der Waals surface area contributed by atoms with Crippen molar-refractivity contribution in [2.75, 3.05) is 11.5 Å². The first kappa shape index (κ1) is 9.53. The summed E-state index contributed by atoms with van der Waals surface area (Å²) in [4.78, 5) is 13.0. The summed E-state index contributed by atoms with van der Waals surface area (Å²) in [5.41, 5.74) is 0.778. The molecule has 1 saturated heterocycles. The zero-order chi connectivity index (χ0) is 10.7. The molecule has 0 aliphatic carbocycles. The van der Waals surface area contributed by atoms with Crippen molar-refractivity contribution in [2.45, 2.75) is 12.5 Å². The standard InChI is InChI=1S/C11H10N2O2/c12-7-6-10-8-15-11(14)13(10)9-4-2-1-3-5-9/h1-5,10H,6,8H2. The minimum absolute atomic E-state index is 0.162. The van der Waals surface area contributed by atoms with Gasteiger partial charge < -0.3 is 4.74 Å². The maximum atomic E-state index is 11.5. The molecular formula is C11H10N2O2. The van der Waals surface area contributed by atoms with Gasteiger partial charge in [-0.15, -0.1) is 0 Å². The van der Waals surface area contributed by atoms with Crippen molar-refractivity contribution in [1.29, 1.82) is 5.26 Å². The fourth-order valence-corrected chi connectivity index (χ4v) is 1.62. The van der Waals surface area contributed by atoms with Crippen LogP contribution in [0.15, 0.2) is 30.3 Å². The number of nitrogens with zero attached hydrogens (tertiary/aromatic N) is 2. The lowest BCUT2D eigenvalue weighted by Gasteiger charge is -2.18. The Morgan fingerprint density at radius 1 is 1.47 bits per heavy atom. The molecule has 1 aliphatic heterocycles. The van der Waals surface area contributed by atoms with Crippen LogP contribution in [0, 0.1) is 11.3 Å². The van der Waals surface area contributed by atoms with E-state index in [4.69, 9.17) is 10.00 Å². The molecule has 76 valence electrons. The summed E-state index contributed by atoms with van der Waals surface area (Å²) in [6.07, 6.45) is -0.0814. The first-order valence-electron chi connectivity index (χ1n) is 4.71. The molecule has 1 fully saturated rings. The predicted molar refractivity (Wildman–Crippen MR) is 54.3 cm³/mol. The van der Waals surface area contributed by atoms with Crippen LogP contribution in [-0.2, 0) is 4.74 Å². The number of ether oxygens (including phenoxy) is 1. The van der Waals surface area contributed by atoms with Crippen molar-refractivity contribution in [2.24, 2.45) is 0 Å². The van der Waals surface area contributed by atoms with Gasteiger partial charge in [-0.25, -0.2) is 4.79 Å². The average molecular weight is 202 g/mol. The van der Waals surface area contributed by atoms with Crippen LogP contribution in [-0.4, -0.2) is 18.7 Å². The van der Waals surface area contributed by atoms with Crippen molar-refractivity contribution in [3.8, 4) is 6.07 Å². The molecule has 4 heteroatoms. The molecule has 0 bridgehead atoms. The maximum absolute atomic E-state index is 11.5. The Morgan fingerprint density at radius 2 is 2.20 bits per heavy atom. The molecule has 1 amide bonds. The zero-order valence-electron chi connectivity index (χ0n) is 8.09. The maximum Gasteiger partial charge on any atom is 0.414 e. The summed E-state index contributed by atoms with van der Waals surface area (Å²) < 4.78 is 4.92. The van der Waals surface area contributed by atoms with Gasteiger partial charge in [-0.1, -0.05) is 18.2 Å². The molecule has 1 aromatic carbocycles. The van der Waals surface area contributed by atoms with Crippen molar-refractivity contribution < 1.29 is 9.53 Å². The lowest BCUT2D eigenvalue weighted by Crippen LogP contribution is -2.32. The van der Waals surface area contributed by atoms with Gasteiger partial charge in [-0.3, -0.25) is 4.90 Å². The molecule has 1 unspecified atom stereocenters. The number of cyclic esters (lactones) is 1. The van der Waals surface area contributed by atoms with Crippen LogP contribution in [0.5, 0.6) is 0 Å². The number of carbonyl (C=O) groups excluding carboxylic acids is 1. The van der Waals surface area contributed by atoms with Crippen molar-refractivity contribution in [3.63, 3.8) is 0 Å². The third-order valence-electron chi connectivity index (χ3n) is 2.32. The van der Waals surface area contributed by atoms with E-state index in [1.54, 1.807) is 0 Å². The first-order valence-corrected chi connectivity index (χ1v) is 4.71. The average Bonchev–Trinajstić information content (AvgIpc) is 2.62. The summed E-state index contributed by atoms with van der Waals surface area (Å²) in [5.74, 6) is 0. The third-order valence-corrected chi connectivity index (χ3v) is 2.32. The van der Waals surface area contributed by atoms with E-state index in [-0.39, 0.29) is 12.1 Å². The van der Waals surface area contributed by atoms with Crippen LogP contribution >= 0.6 is 0 Å². The number of amides is 1. The van der Waals surface area contributed by atoms with E-state index in [2.05, 4.69) is 6.07 Å². The molecule has 0 spiro atoms. The quantitative estimate of drug-likeness (QED) is 0.736. The van der Waals surface area contributed by atoms with E-state index < -0.39 is 0 Å². The van der Waals surface area contributed by atoms with Crippen LogP contribution in [0.25, 0.3) is 0 Å². The van der Waals surface area contributed by atoms with Crippen molar-refractivity contribution >= 4 is 11.8 Å². The van der Waals surface area contributed by atoms with E-state index in [0.29, 0.717) is 13.0 Å². The fourth-order valence-electron chi connectivity index (χ4n) is 1.62. The number of para-hydroxylation sites is 1. The van der Waals surface area contributed by atoms with Crippen molar-refractivity contribution in [1.82, 2.24) is 0 Å². The summed E-state index contributed by atoms with van der Waals surface area (Å²) in [6.45, 7) is 0.293. The number of hydrogen-bond donors (Lipinski definition) is 0. The molecule has 0 N–H and O–H groups in total. The number of nitriles is 1. The molecule has 1 atom stereocenters. The smallest absolute Gasteiger partial charge is 0.414 e. The van der Waals surface area contributed by atoms with Gasteiger partial charge in [0.2, 0.25) is 0 Å². The Balaban J connectivity index is 2.26. The Kier molecular flexibility index (Phi) is 2.55. The number of carbonyl (C=O) groups is 1. The Hall–Kier alpha value is -2.02. The Morgan fingerprint density at radius 3 is 2.87 bits per heavy atom. The summed E-state index contributed by atoms with van der Waals surface area (Å²) >= 11 is 0. The SMILES string of the molecule is N#CCC1COC(=O)N1c1ccccc1. The lowest BCUT2D eigenvalue weighted by molar-refractivity contribution is 0.179. The Labute approximate surface area is 87.7 Å². The predicted octanol–water partition coefficient (Wildman–Crippen LogP) is 1.93. The topological polar surface area (TPSA) is 53.3 Å². The summed E-state index contributed by atoms with van der Waals surface area (Å²) in [7, 11) is 0. The summed E-state index contributed by atoms with van der Waals surface area (Å²) in [6, 6.07) is 11.1. The number of benzene rings is 1. The molecular weight excluding hydrogens is 192 g/mol. The molecule has 1 aliphatic rings. The molecule has 1 aromatic rings. The highest BCUT2D eigenvalue weighted by atomic mass is 16.6. The van der Waals surface area contributed by atoms with Gasteiger partial charge in [-0.05, 0) is 12.1 Å². The van der Waals surface area contributed by atoms with E-state index in [9.17, 15) is 4.79 Å². The molecule has 0 radical (unpaired) electrons. The van der Waals surface area contributed by atoms with Gasteiger partial charge in [0, 0.05) is 5.69 Å². The van der Waals surface area contributed by atoms with Gasteiger partial charge in [0.15, 0.2) is 0 Å². The Bertz CT molecular complexity index is 397. The van der Waals surface area contributed by atoms with Gasteiger partial charge in [0.1, 0.15) is 6.61 Å². The van der Waals surface area contributed by atoms with Crippen LogP contribution in [0.4, 0.5) is 10.5 Å². The van der Waals surface area contributed by atoms with Gasteiger partial charge in [0.25, 0.3) is 0 Å². The minimum atomic E-state index is -0.374. The van der Waals surface area contributed by atoms with Crippen molar-refractivity contribution in [3.05, 3.63) is 30.3 Å². The summed E-state index contributed by atoms with van der Waals surface area (Å²) in [5, 5.41) is 8.63. The molecule has 15 heavy (non-hydrogen) atoms. The fraction of sp³-hybridized carbons (Fsp3) is 0.273. The van der Waals surface area contributed by atoms with E-state index in [0.717, 1.165) is 5.69 Å². The molecule has 2 rings (SSSR count). The zero-order valence-corrected chi connectivity index (χ0v) is 8.09. The van der Waals surface area contributed by atoms with Gasteiger partial charge >= 0.3 is 6.09 Å². The molecule has 0 saturated carbocycles. The third kappa shape index (κ3) is 1.77. The first-order chi connectivity index (χ1) is 7.33. The number of anilines is 1. The second-order valence-corrected chi connectivity index (χ2v) is 3.30. The monoisotopic (exact) mass is 202 g/mol. The van der Waals surface area contributed by atoms with E-state index >= 15 is 0 Å². The highest BCUT2D eigenvalue weighted by Gasteiger charge is 2.33. The lowest BCUT2D eigenvalue weighted by atomic mass is 10.2. The highest BCUT2D eigenvalue weighted by molar-refractivity contribution is 5.90. The highest BCUT2D eigenvalue weighted by Crippen LogP contribution is 2.23. The number of hydrogen-bond acceptors (Lipinski definition) is 3. The van der Waals surface area contributed by atoms with E-state index in [1.807, 2.05) is 30.3 Å². The normalized spacial score (nSPS) is 19.8. The largest absolute Gasteiger partial charge is 0.447 e. The van der Waals surface area contributed by atoms with Crippen LogP contribution in [0.2, 0.25) is 0 Å². The molecule has 1 heterocycles. The minimum Gasteiger partial charge on any atom is -0.447 e. The van der Waals surface area contributed by atoms with Crippen LogP contribution in [0.1, 0.15) is 6.42 Å². The molecule has 0 aromatic heterocycles. The van der Waals surface area contributed by atoms with Crippen LogP contribution in [0.3, 0.4) is 0 Å². The number of rotatable bonds is 2. The van der Waals surface area contributed by atoms with Gasteiger partial charge in [0.05, 0.1) is 18.5 Å². The second-order valence-electron chi connectivity index (χ2n) is 3.30. The second kappa shape index (κ2) is 4.01. The van der Waals surface area contributed by atoms with E-state index in [1.165, 1.54) is 4.90 Å². The molecule has 4 nitrogen and oxygen atoms in total. The van der Waals surface area contributed by atoms with Crippen LogP contribution < -0.4 is 4.90 Å².